The maximum Gasteiger partial charge on any atom is 0.317 e. The molecule has 1 unspecified atom stereocenters. The van der Waals surface area contributed by atoms with E-state index in [4.69, 9.17) is 21.4 Å². The van der Waals surface area contributed by atoms with Crippen molar-refractivity contribution in [3.8, 4) is 5.75 Å². The second-order valence-corrected chi connectivity index (χ2v) is 6.28. The summed E-state index contributed by atoms with van der Waals surface area (Å²) in [6.45, 7) is 4.05. The fraction of sp³-hybridized carbons (Fsp3) is 0.588. The lowest BCUT2D eigenvalue weighted by Gasteiger charge is -2.31. The number of nitrogens with zero attached hydrogens (tertiary/aromatic N) is 1. The predicted octanol–water partition coefficient (Wildman–Crippen LogP) is 2.91. The number of halogens is 1. The molecule has 6 heteroatoms. The Kier molecular flexibility index (Phi) is 6.99. The molecule has 1 fully saturated rings. The van der Waals surface area contributed by atoms with Crippen LogP contribution in [0.4, 0.5) is 4.79 Å². The molecule has 23 heavy (non-hydrogen) atoms. The number of amides is 2. The van der Waals surface area contributed by atoms with Crippen molar-refractivity contribution in [3.05, 3.63) is 29.3 Å². The smallest absolute Gasteiger partial charge is 0.317 e. The van der Waals surface area contributed by atoms with Crippen molar-refractivity contribution < 1.29 is 14.6 Å². The second-order valence-electron chi connectivity index (χ2n) is 5.88. The number of para-hydroxylation sites is 1. The molecule has 1 aliphatic rings. The van der Waals surface area contributed by atoms with Gasteiger partial charge in [0.05, 0.1) is 11.6 Å². The van der Waals surface area contributed by atoms with Crippen molar-refractivity contribution in [2.45, 2.75) is 32.3 Å². The summed E-state index contributed by atoms with van der Waals surface area (Å²) in [4.78, 5) is 14.0. The van der Waals surface area contributed by atoms with Gasteiger partial charge in [-0.3, -0.25) is 0 Å². The van der Waals surface area contributed by atoms with Gasteiger partial charge < -0.3 is 20.1 Å². The molecule has 1 aromatic carbocycles. The third-order valence-corrected chi connectivity index (χ3v) is 4.54. The van der Waals surface area contributed by atoms with Crippen molar-refractivity contribution in [3.63, 3.8) is 0 Å². The number of benzene rings is 1. The molecule has 5 nitrogen and oxygen atoms in total. The average Bonchev–Trinajstić information content (AvgIpc) is 2.60. The van der Waals surface area contributed by atoms with Crippen LogP contribution >= 0.6 is 11.6 Å². The van der Waals surface area contributed by atoms with Gasteiger partial charge in [0.2, 0.25) is 0 Å². The molecule has 128 valence electrons. The third-order valence-electron chi connectivity index (χ3n) is 4.23. The van der Waals surface area contributed by atoms with Gasteiger partial charge >= 0.3 is 6.03 Å². The molecule has 2 rings (SSSR count). The molecule has 0 aliphatic carbocycles. The molecular formula is C17H25ClN2O3. The molecule has 0 radical (unpaired) electrons. The van der Waals surface area contributed by atoms with E-state index < -0.39 is 0 Å². The lowest BCUT2D eigenvalue weighted by molar-refractivity contribution is 0.133. The highest BCUT2D eigenvalue weighted by Gasteiger charge is 2.22. The topological polar surface area (TPSA) is 61.8 Å². The van der Waals surface area contributed by atoms with E-state index in [-0.39, 0.29) is 18.7 Å². The summed E-state index contributed by atoms with van der Waals surface area (Å²) in [5.74, 6) is 0.963. The SMILES string of the molecule is CCC(CNC(=O)N1CCC(CO)CC1)Oc1ccccc1Cl. The number of ether oxygens (including phenoxy) is 1. The van der Waals surface area contributed by atoms with Gasteiger partial charge in [0.1, 0.15) is 11.9 Å². The van der Waals surface area contributed by atoms with E-state index in [1.54, 1.807) is 11.0 Å². The first-order chi connectivity index (χ1) is 11.1. The minimum Gasteiger partial charge on any atom is -0.487 e. The summed E-state index contributed by atoms with van der Waals surface area (Å²) in [6.07, 6.45) is 2.38. The van der Waals surface area contributed by atoms with E-state index in [0.717, 1.165) is 19.3 Å². The minimum absolute atomic E-state index is 0.0670. The van der Waals surface area contributed by atoms with Gasteiger partial charge in [-0.15, -0.1) is 0 Å². The standard InChI is InChI=1S/C17H25ClN2O3/c1-2-14(23-16-6-4-3-5-15(16)18)11-19-17(22)20-9-7-13(12-21)8-10-20/h3-6,13-14,21H,2,7-12H2,1H3,(H,19,22). The van der Waals surface area contributed by atoms with Crippen molar-refractivity contribution in [1.29, 1.82) is 0 Å². The van der Waals surface area contributed by atoms with E-state index in [1.807, 2.05) is 25.1 Å². The second kappa shape index (κ2) is 8.99. The van der Waals surface area contributed by atoms with E-state index >= 15 is 0 Å². The number of nitrogens with one attached hydrogen (secondary N) is 1. The molecular weight excluding hydrogens is 316 g/mol. The Hall–Kier alpha value is -1.46. The number of hydrogen-bond donors (Lipinski definition) is 2. The van der Waals surface area contributed by atoms with E-state index in [0.29, 0.717) is 36.3 Å². The Bertz CT molecular complexity index is 504. The zero-order valence-electron chi connectivity index (χ0n) is 13.5. The van der Waals surface area contributed by atoms with Crippen molar-refractivity contribution in [2.75, 3.05) is 26.2 Å². The highest BCUT2D eigenvalue weighted by atomic mass is 35.5. The molecule has 1 atom stereocenters. The molecule has 1 saturated heterocycles. The molecule has 2 N–H and O–H groups in total. The number of likely N-dealkylation sites (tertiary alicyclic amines) is 1. The Morgan fingerprint density at radius 3 is 2.74 bits per heavy atom. The van der Waals surface area contributed by atoms with Gasteiger partial charge in [0, 0.05) is 19.7 Å². The van der Waals surface area contributed by atoms with Gasteiger partial charge in [-0.05, 0) is 37.3 Å². The summed E-state index contributed by atoms with van der Waals surface area (Å²) in [6, 6.07) is 7.27. The first kappa shape index (κ1) is 17.9. The quantitative estimate of drug-likeness (QED) is 0.837. The summed E-state index contributed by atoms with van der Waals surface area (Å²) in [5.41, 5.74) is 0. The molecule has 0 aromatic heterocycles. The number of aliphatic hydroxyl groups is 1. The Balaban J connectivity index is 1.79. The van der Waals surface area contributed by atoms with Crippen LogP contribution in [0.5, 0.6) is 5.75 Å². The lowest BCUT2D eigenvalue weighted by Crippen LogP contribution is -2.47. The van der Waals surface area contributed by atoms with Crippen LogP contribution < -0.4 is 10.1 Å². The van der Waals surface area contributed by atoms with Crippen molar-refractivity contribution in [2.24, 2.45) is 5.92 Å². The predicted molar refractivity (Wildman–Crippen MR) is 90.9 cm³/mol. The minimum atomic E-state index is -0.117. The van der Waals surface area contributed by atoms with Crippen LogP contribution in [0.15, 0.2) is 24.3 Å². The normalized spacial score (nSPS) is 16.9. The van der Waals surface area contributed by atoms with Crippen LogP contribution in [0.25, 0.3) is 0 Å². The Labute approximate surface area is 142 Å². The number of rotatable bonds is 6. The van der Waals surface area contributed by atoms with E-state index in [1.165, 1.54) is 0 Å². The van der Waals surface area contributed by atoms with Crippen LogP contribution in [-0.4, -0.2) is 48.4 Å². The van der Waals surface area contributed by atoms with Crippen molar-refractivity contribution in [1.82, 2.24) is 10.2 Å². The van der Waals surface area contributed by atoms with Crippen LogP contribution in [0, 0.1) is 5.92 Å². The average molecular weight is 341 g/mol. The van der Waals surface area contributed by atoms with Gasteiger partial charge in [0.25, 0.3) is 0 Å². The summed E-state index contributed by atoms with van der Waals surface area (Å²) >= 11 is 6.10. The number of carbonyl (C=O) groups is 1. The van der Waals surface area contributed by atoms with Crippen LogP contribution in [0.3, 0.4) is 0 Å². The third kappa shape index (κ3) is 5.29. The zero-order valence-corrected chi connectivity index (χ0v) is 14.3. The monoisotopic (exact) mass is 340 g/mol. The molecule has 0 saturated carbocycles. The lowest BCUT2D eigenvalue weighted by atomic mass is 9.98. The maximum atomic E-state index is 12.2. The van der Waals surface area contributed by atoms with Crippen molar-refractivity contribution >= 4 is 17.6 Å². The van der Waals surface area contributed by atoms with Gasteiger partial charge in [-0.1, -0.05) is 30.7 Å². The molecule has 2 amide bonds. The fourth-order valence-corrected chi connectivity index (χ4v) is 2.80. The van der Waals surface area contributed by atoms with Crippen LogP contribution in [-0.2, 0) is 0 Å². The molecule has 1 heterocycles. The first-order valence-corrected chi connectivity index (χ1v) is 8.56. The van der Waals surface area contributed by atoms with Crippen LogP contribution in [0.1, 0.15) is 26.2 Å². The molecule has 1 aromatic rings. The number of urea groups is 1. The summed E-state index contributed by atoms with van der Waals surface area (Å²) < 4.78 is 5.87. The Morgan fingerprint density at radius 1 is 1.43 bits per heavy atom. The molecule has 0 bridgehead atoms. The largest absolute Gasteiger partial charge is 0.487 e. The van der Waals surface area contributed by atoms with E-state index in [9.17, 15) is 4.79 Å². The van der Waals surface area contributed by atoms with Gasteiger partial charge in [-0.2, -0.15) is 0 Å². The summed E-state index contributed by atoms with van der Waals surface area (Å²) in [7, 11) is 0. The number of hydrogen-bond acceptors (Lipinski definition) is 3. The first-order valence-electron chi connectivity index (χ1n) is 8.18. The Morgan fingerprint density at radius 2 is 2.13 bits per heavy atom. The van der Waals surface area contributed by atoms with Crippen LogP contribution in [0.2, 0.25) is 5.02 Å². The molecule has 1 aliphatic heterocycles. The number of piperidine rings is 1. The van der Waals surface area contributed by atoms with E-state index in [2.05, 4.69) is 5.32 Å². The van der Waals surface area contributed by atoms with Gasteiger partial charge in [0.15, 0.2) is 0 Å². The highest BCUT2D eigenvalue weighted by Crippen LogP contribution is 2.24. The summed E-state index contributed by atoms with van der Waals surface area (Å²) in [5, 5.41) is 12.6. The maximum absolute atomic E-state index is 12.2. The number of carbonyl (C=O) groups excluding carboxylic acids is 1. The zero-order chi connectivity index (χ0) is 16.7. The van der Waals surface area contributed by atoms with Gasteiger partial charge in [-0.25, -0.2) is 4.79 Å². The molecule has 0 spiro atoms. The number of aliphatic hydroxyl groups excluding tert-OH is 1. The highest BCUT2D eigenvalue weighted by molar-refractivity contribution is 6.32. The fourth-order valence-electron chi connectivity index (χ4n) is 2.62.